The van der Waals surface area contributed by atoms with E-state index in [0.29, 0.717) is 11.8 Å². The van der Waals surface area contributed by atoms with Gasteiger partial charge in [0.2, 0.25) is 11.1 Å². The average molecular weight is 345 g/mol. The van der Waals surface area contributed by atoms with E-state index in [9.17, 15) is 4.79 Å². The van der Waals surface area contributed by atoms with Crippen molar-refractivity contribution in [3.63, 3.8) is 0 Å². The van der Waals surface area contributed by atoms with Crippen LogP contribution in [0, 0.1) is 6.92 Å². The summed E-state index contributed by atoms with van der Waals surface area (Å²) in [5.41, 5.74) is 2.32. The highest BCUT2D eigenvalue weighted by atomic mass is 32.2. The fourth-order valence-corrected chi connectivity index (χ4v) is 3.77. The van der Waals surface area contributed by atoms with Crippen molar-refractivity contribution in [1.29, 1.82) is 0 Å². The number of carbonyl (C=O) groups excluding carboxylic acids is 1. The number of aromatic nitrogens is 4. The van der Waals surface area contributed by atoms with Gasteiger partial charge in [0.15, 0.2) is 0 Å². The summed E-state index contributed by atoms with van der Waals surface area (Å²) in [6.07, 6.45) is 4.69. The van der Waals surface area contributed by atoms with Gasteiger partial charge in [-0.15, -0.1) is 5.10 Å². The minimum Gasteiger partial charge on any atom is -0.349 e. The van der Waals surface area contributed by atoms with Crippen LogP contribution in [0.3, 0.4) is 0 Å². The molecule has 7 heteroatoms. The molecule has 6 nitrogen and oxygen atoms in total. The normalized spacial score (nSPS) is 16.2. The monoisotopic (exact) mass is 345 g/mol. The first kappa shape index (κ1) is 17.0. The second-order valence-corrected chi connectivity index (χ2v) is 7.28. The highest BCUT2D eigenvalue weighted by Crippen LogP contribution is 2.31. The molecule has 1 aliphatic rings. The summed E-state index contributed by atoms with van der Waals surface area (Å²) in [6.45, 7) is 4.05. The van der Waals surface area contributed by atoms with Crippen LogP contribution in [0.4, 0.5) is 0 Å². The molecule has 1 atom stereocenters. The summed E-state index contributed by atoms with van der Waals surface area (Å²) in [5, 5.41) is 15.7. The maximum Gasteiger partial charge on any atom is 0.230 e. The Balaban J connectivity index is 1.52. The van der Waals surface area contributed by atoms with Crippen LogP contribution in [0.25, 0.3) is 0 Å². The van der Waals surface area contributed by atoms with Gasteiger partial charge in [-0.1, -0.05) is 54.4 Å². The number of aryl methyl sites for hydroxylation is 1. The Hall–Kier alpha value is -1.89. The SMILES string of the molecule is Cc1ccc(C(C)NC(=O)CSc2nnnn2C2CCCC2)cc1. The first-order valence-electron chi connectivity index (χ1n) is 8.40. The zero-order valence-electron chi connectivity index (χ0n) is 14.1. The van der Waals surface area contributed by atoms with Crippen LogP contribution < -0.4 is 5.32 Å². The molecule has 24 heavy (non-hydrogen) atoms. The summed E-state index contributed by atoms with van der Waals surface area (Å²) >= 11 is 1.40. The maximum atomic E-state index is 12.2. The third-order valence-electron chi connectivity index (χ3n) is 4.42. The zero-order valence-corrected chi connectivity index (χ0v) is 14.9. The van der Waals surface area contributed by atoms with Crippen molar-refractivity contribution in [3.8, 4) is 0 Å². The lowest BCUT2D eigenvalue weighted by atomic mass is 10.1. The molecule has 1 heterocycles. The molecule has 1 aliphatic carbocycles. The molecule has 1 saturated carbocycles. The van der Waals surface area contributed by atoms with Crippen LogP contribution in [0.1, 0.15) is 55.8 Å². The van der Waals surface area contributed by atoms with Gasteiger partial charge in [-0.2, -0.15) is 0 Å². The van der Waals surface area contributed by atoms with Crippen molar-refractivity contribution < 1.29 is 4.79 Å². The lowest BCUT2D eigenvalue weighted by Crippen LogP contribution is -2.28. The minimum absolute atomic E-state index is 0.00551. The summed E-state index contributed by atoms with van der Waals surface area (Å²) < 4.78 is 1.88. The van der Waals surface area contributed by atoms with Crippen molar-refractivity contribution in [3.05, 3.63) is 35.4 Å². The molecule has 0 spiro atoms. The van der Waals surface area contributed by atoms with E-state index in [2.05, 4.69) is 39.9 Å². The molecule has 128 valence electrons. The molecule has 3 rings (SSSR count). The number of tetrazole rings is 1. The highest BCUT2D eigenvalue weighted by Gasteiger charge is 2.22. The standard InChI is InChI=1S/C17H23N5OS/c1-12-7-9-14(10-8-12)13(2)18-16(23)11-24-17-19-20-21-22(17)15-5-3-4-6-15/h7-10,13,15H,3-6,11H2,1-2H3,(H,18,23). The predicted octanol–water partition coefficient (Wildman–Crippen LogP) is 3.07. The second kappa shape index (κ2) is 7.79. The first-order chi connectivity index (χ1) is 11.6. The number of hydrogen-bond donors (Lipinski definition) is 1. The number of thioether (sulfide) groups is 1. The third kappa shape index (κ3) is 4.14. The number of rotatable bonds is 6. The Morgan fingerprint density at radius 2 is 2.04 bits per heavy atom. The van der Waals surface area contributed by atoms with Crippen LogP contribution in [0.15, 0.2) is 29.4 Å². The van der Waals surface area contributed by atoms with Crippen LogP contribution in [0.5, 0.6) is 0 Å². The van der Waals surface area contributed by atoms with E-state index in [1.807, 2.05) is 23.7 Å². The van der Waals surface area contributed by atoms with Gasteiger partial charge in [0.1, 0.15) is 0 Å². The van der Waals surface area contributed by atoms with Gasteiger partial charge >= 0.3 is 0 Å². The number of nitrogens with zero attached hydrogens (tertiary/aromatic N) is 4. The molecular weight excluding hydrogens is 322 g/mol. The largest absolute Gasteiger partial charge is 0.349 e. The van der Waals surface area contributed by atoms with E-state index >= 15 is 0 Å². The smallest absolute Gasteiger partial charge is 0.230 e. The Kier molecular flexibility index (Phi) is 5.50. The molecule has 0 saturated heterocycles. The zero-order chi connectivity index (χ0) is 16.9. The van der Waals surface area contributed by atoms with Gasteiger partial charge in [0.05, 0.1) is 17.8 Å². The molecule has 1 fully saturated rings. The number of nitrogens with one attached hydrogen (secondary N) is 1. The molecular formula is C17H23N5OS. The van der Waals surface area contributed by atoms with Gasteiger partial charge in [-0.05, 0) is 42.7 Å². The van der Waals surface area contributed by atoms with Gasteiger partial charge in [-0.3, -0.25) is 4.79 Å². The Morgan fingerprint density at radius 1 is 1.33 bits per heavy atom. The molecule has 0 radical (unpaired) electrons. The maximum absolute atomic E-state index is 12.2. The quantitative estimate of drug-likeness (QED) is 0.815. The van der Waals surface area contributed by atoms with Crippen molar-refractivity contribution >= 4 is 17.7 Å². The number of amides is 1. The van der Waals surface area contributed by atoms with Crippen LogP contribution in [0.2, 0.25) is 0 Å². The minimum atomic E-state index is -0.00970. The highest BCUT2D eigenvalue weighted by molar-refractivity contribution is 7.99. The summed E-state index contributed by atoms with van der Waals surface area (Å²) in [7, 11) is 0. The van der Waals surface area contributed by atoms with E-state index < -0.39 is 0 Å². The second-order valence-electron chi connectivity index (χ2n) is 6.33. The molecule has 1 aromatic carbocycles. The van der Waals surface area contributed by atoms with Crippen LogP contribution in [-0.4, -0.2) is 31.9 Å². The molecule has 0 bridgehead atoms. The molecule has 0 aliphatic heterocycles. The van der Waals surface area contributed by atoms with Gasteiger partial charge < -0.3 is 5.32 Å². The van der Waals surface area contributed by atoms with Crippen molar-refractivity contribution in [2.45, 2.75) is 56.8 Å². The summed E-state index contributed by atoms with van der Waals surface area (Å²) in [4.78, 5) is 12.2. The lowest BCUT2D eigenvalue weighted by molar-refractivity contribution is -0.119. The van der Waals surface area contributed by atoms with Gasteiger partial charge in [0.25, 0.3) is 0 Å². The number of benzene rings is 1. The van der Waals surface area contributed by atoms with E-state index in [1.54, 1.807) is 0 Å². The van der Waals surface area contributed by atoms with Crippen molar-refractivity contribution in [2.75, 3.05) is 5.75 Å². The first-order valence-corrected chi connectivity index (χ1v) is 9.38. The predicted molar refractivity (Wildman–Crippen MR) is 93.8 cm³/mol. The molecule has 1 unspecified atom stereocenters. The number of hydrogen-bond acceptors (Lipinski definition) is 5. The lowest BCUT2D eigenvalue weighted by Gasteiger charge is -2.15. The van der Waals surface area contributed by atoms with Crippen molar-refractivity contribution in [1.82, 2.24) is 25.5 Å². The Morgan fingerprint density at radius 3 is 2.75 bits per heavy atom. The summed E-state index contributed by atoms with van der Waals surface area (Å²) in [5.74, 6) is 0.317. The van der Waals surface area contributed by atoms with E-state index in [0.717, 1.165) is 23.6 Å². The molecule has 1 N–H and O–H groups in total. The van der Waals surface area contributed by atoms with Gasteiger partial charge in [0, 0.05) is 0 Å². The van der Waals surface area contributed by atoms with Gasteiger partial charge in [-0.25, -0.2) is 4.68 Å². The number of carbonyl (C=O) groups is 1. The fourth-order valence-electron chi connectivity index (χ4n) is 3.01. The third-order valence-corrected chi connectivity index (χ3v) is 5.35. The van der Waals surface area contributed by atoms with E-state index in [4.69, 9.17) is 0 Å². The topological polar surface area (TPSA) is 72.7 Å². The van der Waals surface area contributed by atoms with Crippen LogP contribution in [-0.2, 0) is 4.79 Å². The van der Waals surface area contributed by atoms with Crippen LogP contribution >= 0.6 is 11.8 Å². The molecule has 1 amide bonds. The van der Waals surface area contributed by atoms with E-state index in [-0.39, 0.29) is 11.9 Å². The Labute approximate surface area is 146 Å². The molecule has 2 aromatic rings. The van der Waals surface area contributed by atoms with E-state index in [1.165, 1.54) is 30.2 Å². The Bertz CT molecular complexity index is 679. The average Bonchev–Trinajstić information content (AvgIpc) is 3.24. The van der Waals surface area contributed by atoms with Crippen molar-refractivity contribution in [2.24, 2.45) is 0 Å². The summed E-state index contributed by atoms with van der Waals surface area (Å²) in [6, 6.07) is 8.59. The molecule has 1 aromatic heterocycles. The fraction of sp³-hybridized carbons (Fsp3) is 0.529.